The maximum absolute atomic E-state index is 12.8. The van der Waals surface area contributed by atoms with Crippen molar-refractivity contribution in [3.8, 4) is 0 Å². The van der Waals surface area contributed by atoms with E-state index in [0.717, 1.165) is 12.1 Å². The van der Waals surface area contributed by atoms with E-state index in [0.29, 0.717) is 17.3 Å². The molecule has 0 bridgehead atoms. The minimum Gasteiger partial charge on any atom is -0.376 e. The zero-order chi connectivity index (χ0) is 25.8. The number of rotatable bonds is 6. The van der Waals surface area contributed by atoms with Gasteiger partial charge in [-0.3, -0.25) is 9.59 Å². The van der Waals surface area contributed by atoms with Crippen LogP contribution in [0.1, 0.15) is 20.7 Å². The van der Waals surface area contributed by atoms with Crippen LogP contribution >= 0.6 is 12.2 Å². The number of amides is 2. The van der Waals surface area contributed by atoms with Crippen molar-refractivity contribution in [3.63, 3.8) is 0 Å². The van der Waals surface area contributed by atoms with Gasteiger partial charge in [0.15, 0.2) is 5.11 Å². The number of nitrogens with two attached hydrogens (primary N) is 1. The van der Waals surface area contributed by atoms with Crippen LogP contribution in [0, 0.1) is 0 Å². The van der Waals surface area contributed by atoms with Gasteiger partial charge in [0.2, 0.25) is 0 Å². The molecule has 3 rings (SSSR count). The first-order valence-corrected chi connectivity index (χ1v) is 11.6. The second kappa shape index (κ2) is 10.1. The number of alkyl halides is 3. The predicted molar refractivity (Wildman–Crippen MR) is 129 cm³/mol. The molecule has 35 heavy (non-hydrogen) atoms. The zero-order valence-corrected chi connectivity index (χ0v) is 19.2. The van der Waals surface area contributed by atoms with Crippen molar-refractivity contribution < 1.29 is 31.2 Å². The molecule has 2 amide bonds. The van der Waals surface area contributed by atoms with Gasteiger partial charge in [-0.1, -0.05) is 12.1 Å². The van der Waals surface area contributed by atoms with Crippen molar-refractivity contribution in [3.05, 3.63) is 83.9 Å². The number of halogens is 3. The number of benzene rings is 3. The molecule has 0 fully saturated rings. The molecular weight excluding hydrogens is 505 g/mol. The van der Waals surface area contributed by atoms with Gasteiger partial charge in [0.05, 0.1) is 4.90 Å². The van der Waals surface area contributed by atoms with Gasteiger partial charge in [-0.25, -0.2) is 8.42 Å². The number of nitrogens with one attached hydrogen (secondary N) is 3. The lowest BCUT2D eigenvalue weighted by Gasteiger charge is -2.11. The highest BCUT2D eigenvalue weighted by atomic mass is 32.2. The van der Waals surface area contributed by atoms with E-state index >= 15 is 0 Å². The lowest BCUT2D eigenvalue weighted by atomic mass is 10.1. The standard InChI is InChI=1S/C22H17F3N4O4S2/c23-22(24,25)35(32,33)18-6-2-5-17(12-18)28-20(31)14-3-1-4-16(11-14)27-19(30)13-7-9-15(10-8-13)29-21(26)34/h1-12H,(H,27,30)(H,28,31)(H3,26,29,34). The Morgan fingerprint density at radius 3 is 1.86 bits per heavy atom. The van der Waals surface area contributed by atoms with E-state index < -0.39 is 32.1 Å². The van der Waals surface area contributed by atoms with Crippen LogP contribution in [0.3, 0.4) is 0 Å². The average Bonchev–Trinajstić information content (AvgIpc) is 2.78. The topological polar surface area (TPSA) is 130 Å². The van der Waals surface area contributed by atoms with E-state index in [-0.39, 0.29) is 22.1 Å². The summed E-state index contributed by atoms with van der Waals surface area (Å²) in [5, 5.41) is 7.77. The van der Waals surface area contributed by atoms with Gasteiger partial charge in [-0.05, 0) is 72.9 Å². The first kappa shape index (κ1) is 25.6. The number of carbonyl (C=O) groups is 2. The molecule has 0 atom stereocenters. The lowest BCUT2D eigenvalue weighted by Crippen LogP contribution is -2.23. The molecule has 0 aromatic heterocycles. The molecule has 0 saturated carbocycles. The van der Waals surface area contributed by atoms with E-state index in [2.05, 4.69) is 16.0 Å². The minimum absolute atomic E-state index is 0.0721. The fraction of sp³-hybridized carbons (Fsp3) is 0.0455. The van der Waals surface area contributed by atoms with Crippen molar-refractivity contribution in [1.82, 2.24) is 0 Å². The summed E-state index contributed by atoms with van der Waals surface area (Å²) in [6.45, 7) is 0. The number of thiocarbonyl (C=S) groups is 1. The van der Waals surface area contributed by atoms with Gasteiger partial charge >= 0.3 is 5.51 Å². The van der Waals surface area contributed by atoms with E-state index in [4.69, 9.17) is 18.0 Å². The van der Waals surface area contributed by atoms with Gasteiger partial charge in [0, 0.05) is 28.2 Å². The fourth-order valence-corrected chi connectivity index (χ4v) is 3.79. The summed E-state index contributed by atoms with van der Waals surface area (Å²) >= 11 is 4.74. The van der Waals surface area contributed by atoms with Crippen molar-refractivity contribution in [1.29, 1.82) is 0 Å². The summed E-state index contributed by atoms with van der Waals surface area (Å²) < 4.78 is 61.6. The van der Waals surface area contributed by atoms with Crippen LogP contribution in [0.25, 0.3) is 0 Å². The Bertz CT molecular complexity index is 1390. The lowest BCUT2D eigenvalue weighted by molar-refractivity contribution is -0.0436. The van der Waals surface area contributed by atoms with E-state index in [1.54, 1.807) is 12.1 Å². The van der Waals surface area contributed by atoms with Crippen LogP contribution in [0.4, 0.5) is 30.2 Å². The van der Waals surface area contributed by atoms with Crippen molar-refractivity contribution in [2.24, 2.45) is 5.73 Å². The Balaban J connectivity index is 1.72. The van der Waals surface area contributed by atoms with Gasteiger partial charge in [0.1, 0.15) is 0 Å². The van der Waals surface area contributed by atoms with Crippen LogP contribution < -0.4 is 21.7 Å². The van der Waals surface area contributed by atoms with Crippen LogP contribution in [-0.2, 0) is 9.84 Å². The third kappa shape index (κ3) is 6.33. The maximum Gasteiger partial charge on any atom is 0.501 e. The summed E-state index contributed by atoms with van der Waals surface area (Å²) in [7, 11) is -5.57. The highest BCUT2D eigenvalue weighted by Gasteiger charge is 2.46. The van der Waals surface area contributed by atoms with Gasteiger partial charge < -0.3 is 21.7 Å². The molecule has 0 saturated heterocycles. The first-order valence-electron chi connectivity index (χ1n) is 9.67. The molecule has 0 heterocycles. The number of hydrogen-bond donors (Lipinski definition) is 4. The number of hydrogen-bond acceptors (Lipinski definition) is 5. The quantitative estimate of drug-likeness (QED) is 0.358. The molecule has 3 aromatic carbocycles. The van der Waals surface area contributed by atoms with Crippen LogP contribution in [0.15, 0.2) is 77.7 Å². The van der Waals surface area contributed by atoms with Crippen molar-refractivity contribution >= 4 is 56.0 Å². The smallest absolute Gasteiger partial charge is 0.376 e. The predicted octanol–water partition coefficient (Wildman–Crippen LogP) is 4.14. The Labute approximate surface area is 203 Å². The normalized spacial score (nSPS) is 11.4. The van der Waals surface area contributed by atoms with Gasteiger partial charge in [0.25, 0.3) is 21.7 Å². The Hall–Kier alpha value is -3.97. The largest absolute Gasteiger partial charge is 0.501 e. The van der Waals surface area contributed by atoms with Crippen LogP contribution in [-0.4, -0.2) is 30.9 Å². The molecule has 0 spiro atoms. The average molecular weight is 523 g/mol. The monoisotopic (exact) mass is 522 g/mol. The highest BCUT2D eigenvalue weighted by Crippen LogP contribution is 2.31. The van der Waals surface area contributed by atoms with Crippen molar-refractivity contribution in [2.45, 2.75) is 10.4 Å². The molecule has 0 aliphatic rings. The SMILES string of the molecule is NC(=S)Nc1ccc(C(=O)Nc2cccc(C(=O)Nc3cccc(S(=O)(=O)C(F)(F)F)c3)c2)cc1. The molecule has 13 heteroatoms. The molecule has 0 aliphatic carbocycles. The number of sulfone groups is 1. The summed E-state index contributed by atoms with van der Waals surface area (Å²) in [6.07, 6.45) is 0. The molecule has 8 nitrogen and oxygen atoms in total. The highest BCUT2D eigenvalue weighted by molar-refractivity contribution is 7.92. The molecular formula is C22H17F3N4O4S2. The summed E-state index contributed by atoms with van der Waals surface area (Å²) in [6, 6.07) is 15.9. The molecule has 0 radical (unpaired) electrons. The Kier molecular flexibility index (Phi) is 7.41. The van der Waals surface area contributed by atoms with E-state index in [1.807, 2.05) is 0 Å². The van der Waals surface area contributed by atoms with Crippen LogP contribution in [0.2, 0.25) is 0 Å². The molecule has 0 aliphatic heterocycles. The van der Waals surface area contributed by atoms with E-state index in [9.17, 15) is 31.2 Å². The Morgan fingerprint density at radius 2 is 1.29 bits per heavy atom. The third-order valence-electron chi connectivity index (χ3n) is 4.50. The zero-order valence-electron chi connectivity index (χ0n) is 17.6. The number of carbonyl (C=O) groups excluding carboxylic acids is 2. The molecule has 5 N–H and O–H groups in total. The fourth-order valence-electron chi connectivity index (χ4n) is 2.87. The van der Waals surface area contributed by atoms with Gasteiger partial charge in [-0.2, -0.15) is 13.2 Å². The second-order valence-electron chi connectivity index (χ2n) is 7.03. The summed E-state index contributed by atoms with van der Waals surface area (Å²) in [4.78, 5) is 24.1. The molecule has 0 unspecified atom stereocenters. The number of anilines is 3. The third-order valence-corrected chi connectivity index (χ3v) is 6.09. The van der Waals surface area contributed by atoms with E-state index in [1.165, 1.54) is 42.5 Å². The van der Waals surface area contributed by atoms with Crippen LogP contribution in [0.5, 0.6) is 0 Å². The molecule has 182 valence electrons. The minimum atomic E-state index is -5.57. The van der Waals surface area contributed by atoms with Gasteiger partial charge in [-0.15, -0.1) is 0 Å². The Morgan fingerprint density at radius 1 is 0.743 bits per heavy atom. The maximum atomic E-state index is 12.8. The second-order valence-corrected chi connectivity index (χ2v) is 9.41. The molecule has 3 aromatic rings. The van der Waals surface area contributed by atoms with Crippen molar-refractivity contribution in [2.75, 3.05) is 16.0 Å². The summed E-state index contributed by atoms with van der Waals surface area (Å²) in [5.74, 6) is -1.19. The first-order chi connectivity index (χ1) is 16.4. The summed E-state index contributed by atoms with van der Waals surface area (Å²) in [5.41, 5.74) is 1.03.